The van der Waals surface area contributed by atoms with E-state index < -0.39 is 17.7 Å². The molecule has 0 aromatic heterocycles. The maximum Gasteiger partial charge on any atom is 0.289 e. The number of carbonyl (C=O) groups is 4. The number of carbonyl (C=O) groups excluding carboxylic acids is 4. The zero-order valence-corrected chi connectivity index (χ0v) is 15.5. The van der Waals surface area contributed by atoms with E-state index in [4.69, 9.17) is 0 Å². The van der Waals surface area contributed by atoms with Gasteiger partial charge in [0.05, 0.1) is 0 Å². The van der Waals surface area contributed by atoms with Crippen molar-refractivity contribution in [3.05, 3.63) is 35.9 Å². The van der Waals surface area contributed by atoms with Crippen molar-refractivity contribution >= 4 is 23.4 Å². The second-order valence-electron chi connectivity index (χ2n) is 7.38. The fourth-order valence-corrected chi connectivity index (χ4v) is 3.62. The van der Waals surface area contributed by atoms with Crippen LogP contribution in [0.15, 0.2) is 30.3 Å². The summed E-state index contributed by atoms with van der Waals surface area (Å²) in [6, 6.07) is 8.74. The molecule has 1 aromatic rings. The topological polar surface area (TPSA) is 83.5 Å². The second kappa shape index (κ2) is 8.93. The lowest BCUT2D eigenvalue weighted by molar-refractivity contribution is -0.143. The molecule has 0 spiro atoms. The lowest BCUT2D eigenvalue weighted by Crippen LogP contribution is -2.45. The standard InChI is InChI=1S/C21H26N2O4/c24-18(16-8-4-9-16)10-5-13-22-21(27)20(26)17-11-12-19(25)23(17)14-15-6-2-1-3-7-15/h1-3,6-7,16-17H,4-5,8-14H2,(H,22,27)/t17-/m1/s1. The third-order valence-corrected chi connectivity index (χ3v) is 5.50. The Morgan fingerprint density at radius 1 is 1.07 bits per heavy atom. The van der Waals surface area contributed by atoms with Crippen LogP contribution in [-0.4, -0.2) is 40.9 Å². The number of Topliss-reactive ketones (excluding diaryl/α,β-unsaturated/α-hetero) is 2. The first-order valence-electron chi connectivity index (χ1n) is 9.74. The van der Waals surface area contributed by atoms with Gasteiger partial charge >= 0.3 is 0 Å². The zero-order chi connectivity index (χ0) is 19.2. The van der Waals surface area contributed by atoms with Crippen LogP contribution >= 0.6 is 0 Å². The molecule has 2 amide bonds. The maximum atomic E-state index is 12.5. The molecule has 6 nitrogen and oxygen atoms in total. The third kappa shape index (κ3) is 4.81. The number of rotatable bonds is 9. The quantitative estimate of drug-likeness (QED) is 0.532. The van der Waals surface area contributed by atoms with Gasteiger partial charge in [-0.25, -0.2) is 0 Å². The van der Waals surface area contributed by atoms with Gasteiger partial charge in [0, 0.05) is 31.8 Å². The monoisotopic (exact) mass is 370 g/mol. The summed E-state index contributed by atoms with van der Waals surface area (Å²) in [6.07, 6.45) is 4.74. The number of benzene rings is 1. The molecule has 144 valence electrons. The SMILES string of the molecule is O=C(NCCCC(=O)C1CCC1)C(=O)[C@H]1CCC(=O)N1Cc1ccccc1. The van der Waals surface area contributed by atoms with Gasteiger partial charge < -0.3 is 10.2 Å². The van der Waals surface area contributed by atoms with E-state index in [0.717, 1.165) is 24.8 Å². The largest absolute Gasteiger partial charge is 0.349 e. The van der Waals surface area contributed by atoms with Crippen molar-refractivity contribution in [1.29, 1.82) is 0 Å². The van der Waals surface area contributed by atoms with Gasteiger partial charge in [-0.1, -0.05) is 36.8 Å². The van der Waals surface area contributed by atoms with Gasteiger partial charge in [-0.15, -0.1) is 0 Å². The van der Waals surface area contributed by atoms with E-state index in [1.165, 1.54) is 4.90 Å². The van der Waals surface area contributed by atoms with Gasteiger partial charge in [-0.05, 0) is 31.2 Å². The van der Waals surface area contributed by atoms with Crippen molar-refractivity contribution < 1.29 is 19.2 Å². The fraction of sp³-hybridized carbons (Fsp3) is 0.524. The van der Waals surface area contributed by atoms with Crippen LogP contribution in [0.3, 0.4) is 0 Å². The Labute approximate surface area is 159 Å². The minimum Gasteiger partial charge on any atom is -0.349 e. The Bertz CT molecular complexity index is 712. The average Bonchev–Trinajstić information content (AvgIpc) is 2.98. The van der Waals surface area contributed by atoms with Gasteiger partial charge in [0.15, 0.2) is 0 Å². The predicted molar refractivity (Wildman–Crippen MR) is 99.6 cm³/mol. The van der Waals surface area contributed by atoms with E-state index in [0.29, 0.717) is 32.4 Å². The number of likely N-dealkylation sites (tertiary alicyclic amines) is 1. The number of nitrogens with zero attached hydrogens (tertiary/aromatic N) is 1. The Morgan fingerprint density at radius 3 is 2.48 bits per heavy atom. The molecule has 1 saturated carbocycles. The average molecular weight is 370 g/mol. The Kier molecular flexibility index (Phi) is 6.37. The summed E-state index contributed by atoms with van der Waals surface area (Å²) in [4.78, 5) is 50.2. The van der Waals surface area contributed by atoms with Crippen LogP contribution in [0.5, 0.6) is 0 Å². The van der Waals surface area contributed by atoms with Gasteiger partial charge in [-0.3, -0.25) is 19.2 Å². The molecule has 1 aliphatic heterocycles. The summed E-state index contributed by atoms with van der Waals surface area (Å²) in [5.41, 5.74) is 0.931. The smallest absolute Gasteiger partial charge is 0.289 e. The van der Waals surface area contributed by atoms with Crippen LogP contribution in [0.1, 0.15) is 50.5 Å². The molecule has 27 heavy (non-hydrogen) atoms. The van der Waals surface area contributed by atoms with Crippen LogP contribution in [0.2, 0.25) is 0 Å². The molecule has 1 atom stereocenters. The van der Waals surface area contributed by atoms with Crippen molar-refractivity contribution in [3.8, 4) is 0 Å². The predicted octanol–water partition coefficient (Wildman–Crippen LogP) is 2.01. The van der Waals surface area contributed by atoms with Crippen LogP contribution in [0.25, 0.3) is 0 Å². The number of nitrogens with one attached hydrogen (secondary N) is 1. The molecule has 2 fully saturated rings. The summed E-state index contributed by atoms with van der Waals surface area (Å²) >= 11 is 0. The number of ketones is 2. The molecule has 1 saturated heterocycles. The van der Waals surface area contributed by atoms with Crippen molar-refractivity contribution in [2.45, 2.75) is 57.5 Å². The normalized spacial score (nSPS) is 19.6. The number of amides is 2. The third-order valence-electron chi connectivity index (χ3n) is 5.50. The molecule has 0 radical (unpaired) electrons. The van der Waals surface area contributed by atoms with Crippen LogP contribution in [0, 0.1) is 5.92 Å². The molecule has 0 unspecified atom stereocenters. The molecule has 0 bridgehead atoms. The molecule has 6 heteroatoms. The first-order valence-corrected chi connectivity index (χ1v) is 9.74. The Balaban J connectivity index is 1.47. The van der Waals surface area contributed by atoms with E-state index in [9.17, 15) is 19.2 Å². The van der Waals surface area contributed by atoms with E-state index in [1.807, 2.05) is 30.3 Å². The van der Waals surface area contributed by atoms with E-state index >= 15 is 0 Å². The second-order valence-corrected chi connectivity index (χ2v) is 7.38. The number of hydrogen-bond donors (Lipinski definition) is 1. The van der Waals surface area contributed by atoms with Crippen LogP contribution in [0.4, 0.5) is 0 Å². The number of hydrogen-bond acceptors (Lipinski definition) is 4. The van der Waals surface area contributed by atoms with Gasteiger partial charge in [0.2, 0.25) is 11.7 Å². The lowest BCUT2D eigenvalue weighted by Gasteiger charge is -2.24. The summed E-state index contributed by atoms with van der Waals surface area (Å²) < 4.78 is 0. The molecular weight excluding hydrogens is 344 g/mol. The zero-order valence-electron chi connectivity index (χ0n) is 15.5. The van der Waals surface area contributed by atoms with Gasteiger partial charge in [0.25, 0.3) is 5.91 Å². The highest BCUT2D eigenvalue weighted by Crippen LogP contribution is 2.28. The van der Waals surface area contributed by atoms with Crippen molar-refractivity contribution in [3.63, 3.8) is 0 Å². The highest BCUT2D eigenvalue weighted by atomic mass is 16.2. The van der Waals surface area contributed by atoms with Crippen molar-refractivity contribution in [2.24, 2.45) is 5.92 Å². The molecule has 1 aromatic carbocycles. The fourth-order valence-electron chi connectivity index (χ4n) is 3.62. The Hall–Kier alpha value is -2.50. The first-order chi connectivity index (χ1) is 13.1. The molecule has 3 rings (SSSR count). The van der Waals surface area contributed by atoms with Crippen molar-refractivity contribution in [1.82, 2.24) is 10.2 Å². The summed E-state index contributed by atoms with van der Waals surface area (Å²) in [5, 5.41) is 2.61. The molecular formula is C21H26N2O4. The molecule has 1 aliphatic carbocycles. The Morgan fingerprint density at radius 2 is 1.81 bits per heavy atom. The van der Waals surface area contributed by atoms with Crippen LogP contribution in [-0.2, 0) is 25.7 Å². The minimum absolute atomic E-state index is 0.101. The maximum absolute atomic E-state index is 12.5. The minimum atomic E-state index is -0.700. The van der Waals surface area contributed by atoms with E-state index in [-0.39, 0.29) is 24.0 Å². The first kappa shape index (κ1) is 19.3. The van der Waals surface area contributed by atoms with Gasteiger partial charge in [0.1, 0.15) is 11.8 Å². The van der Waals surface area contributed by atoms with E-state index in [1.54, 1.807) is 0 Å². The highest BCUT2D eigenvalue weighted by Gasteiger charge is 2.38. The highest BCUT2D eigenvalue weighted by molar-refractivity contribution is 6.38. The van der Waals surface area contributed by atoms with Gasteiger partial charge in [-0.2, -0.15) is 0 Å². The van der Waals surface area contributed by atoms with Crippen molar-refractivity contribution in [2.75, 3.05) is 6.54 Å². The van der Waals surface area contributed by atoms with E-state index in [2.05, 4.69) is 5.32 Å². The summed E-state index contributed by atoms with van der Waals surface area (Å²) in [7, 11) is 0. The summed E-state index contributed by atoms with van der Waals surface area (Å²) in [6.45, 7) is 0.641. The molecule has 1 heterocycles. The molecule has 2 aliphatic rings. The van der Waals surface area contributed by atoms with Crippen LogP contribution < -0.4 is 5.32 Å². The molecule has 1 N–H and O–H groups in total. The lowest BCUT2D eigenvalue weighted by atomic mass is 9.81. The summed E-state index contributed by atoms with van der Waals surface area (Å²) in [5.74, 6) is -0.863.